The van der Waals surface area contributed by atoms with Gasteiger partial charge in [0.25, 0.3) is 5.91 Å². The predicted octanol–water partition coefficient (Wildman–Crippen LogP) is 3.38. The van der Waals surface area contributed by atoms with Gasteiger partial charge in [0.15, 0.2) is 11.6 Å². The van der Waals surface area contributed by atoms with Gasteiger partial charge in [0.1, 0.15) is 5.75 Å². The number of carbonyl (C=O) groups is 1. The summed E-state index contributed by atoms with van der Waals surface area (Å²) in [5.41, 5.74) is 0.729. The van der Waals surface area contributed by atoms with Crippen LogP contribution in [-0.2, 0) is 6.42 Å². The van der Waals surface area contributed by atoms with E-state index in [2.05, 4.69) is 10.3 Å². The summed E-state index contributed by atoms with van der Waals surface area (Å²) in [7, 11) is 0. The fraction of sp³-hybridized carbons (Fsp3) is 0.250. The summed E-state index contributed by atoms with van der Waals surface area (Å²) in [4.78, 5) is 16.0. The molecule has 0 radical (unpaired) electrons. The van der Waals surface area contributed by atoms with Crippen molar-refractivity contribution in [3.8, 4) is 5.75 Å². The highest BCUT2D eigenvalue weighted by Gasteiger charge is 2.13. The highest BCUT2D eigenvalue weighted by molar-refractivity contribution is 6.31. The Kier molecular flexibility index (Phi) is 5.87. The number of carbonyl (C=O) groups excluding carboxylic acids is 1. The molecule has 0 aliphatic heterocycles. The maximum atomic E-state index is 13.2. The number of hydrogen-bond acceptors (Lipinski definition) is 3. The molecule has 0 bridgehead atoms. The normalized spacial score (nSPS) is 10.4. The lowest BCUT2D eigenvalue weighted by molar-refractivity contribution is 0.0950. The van der Waals surface area contributed by atoms with Gasteiger partial charge in [0.05, 0.1) is 12.2 Å². The number of nitrogens with one attached hydrogen (secondary N) is 1. The molecule has 1 aromatic heterocycles. The summed E-state index contributed by atoms with van der Waals surface area (Å²) in [5, 5.41) is 2.79. The Bertz CT molecular complexity index is 710. The molecule has 1 amide bonds. The molecular weight excluding hydrogens is 326 g/mol. The Morgan fingerprint density at radius 2 is 2.09 bits per heavy atom. The van der Waals surface area contributed by atoms with Crippen molar-refractivity contribution in [1.29, 1.82) is 0 Å². The van der Waals surface area contributed by atoms with E-state index in [0.717, 1.165) is 12.1 Å². The molecule has 0 aliphatic rings. The summed E-state index contributed by atoms with van der Waals surface area (Å²) in [5.74, 6) is -1.90. The SMILES string of the molecule is CCOc1ccncc1C(=O)NCCc1cc(F)c(F)cc1Cl. The van der Waals surface area contributed by atoms with E-state index in [-0.39, 0.29) is 23.9 Å². The van der Waals surface area contributed by atoms with Crippen molar-refractivity contribution in [2.45, 2.75) is 13.3 Å². The van der Waals surface area contributed by atoms with Crippen LogP contribution in [0, 0.1) is 11.6 Å². The van der Waals surface area contributed by atoms with Crippen molar-refractivity contribution in [3.63, 3.8) is 0 Å². The van der Waals surface area contributed by atoms with Crippen LogP contribution in [0.25, 0.3) is 0 Å². The third kappa shape index (κ3) is 4.39. The van der Waals surface area contributed by atoms with E-state index in [1.54, 1.807) is 6.07 Å². The van der Waals surface area contributed by atoms with E-state index in [0.29, 0.717) is 23.5 Å². The number of amides is 1. The molecule has 0 atom stereocenters. The first kappa shape index (κ1) is 17.1. The molecule has 23 heavy (non-hydrogen) atoms. The Morgan fingerprint density at radius 3 is 2.83 bits per heavy atom. The molecule has 122 valence electrons. The molecule has 0 unspecified atom stereocenters. The van der Waals surface area contributed by atoms with Crippen LogP contribution in [0.3, 0.4) is 0 Å². The number of rotatable bonds is 6. The molecule has 7 heteroatoms. The quantitative estimate of drug-likeness (QED) is 0.820. The van der Waals surface area contributed by atoms with E-state index in [4.69, 9.17) is 16.3 Å². The summed E-state index contributed by atoms with van der Waals surface area (Å²) in [6, 6.07) is 3.55. The number of aromatic nitrogens is 1. The minimum Gasteiger partial charge on any atom is -0.493 e. The van der Waals surface area contributed by atoms with Gasteiger partial charge in [-0.1, -0.05) is 11.6 Å². The van der Waals surface area contributed by atoms with Crippen LogP contribution >= 0.6 is 11.6 Å². The first-order valence-corrected chi connectivity index (χ1v) is 7.39. The number of hydrogen-bond donors (Lipinski definition) is 1. The zero-order chi connectivity index (χ0) is 16.8. The highest BCUT2D eigenvalue weighted by Crippen LogP contribution is 2.20. The lowest BCUT2D eigenvalue weighted by Gasteiger charge is -2.10. The van der Waals surface area contributed by atoms with Gasteiger partial charge < -0.3 is 10.1 Å². The largest absolute Gasteiger partial charge is 0.493 e. The van der Waals surface area contributed by atoms with Crippen molar-refractivity contribution < 1.29 is 18.3 Å². The molecule has 1 heterocycles. The lowest BCUT2D eigenvalue weighted by Crippen LogP contribution is -2.26. The lowest BCUT2D eigenvalue weighted by atomic mass is 10.1. The Hall–Kier alpha value is -2.21. The van der Waals surface area contributed by atoms with Crippen LogP contribution in [0.4, 0.5) is 8.78 Å². The van der Waals surface area contributed by atoms with Crippen molar-refractivity contribution in [2.75, 3.05) is 13.2 Å². The van der Waals surface area contributed by atoms with Gasteiger partial charge in [0.2, 0.25) is 0 Å². The van der Waals surface area contributed by atoms with Crippen LogP contribution in [0.15, 0.2) is 30.6 Å². The van der Waals surface area contributed by atoms with E-state index in [1.807, 2.05) is 6.92 Å². The van der Waals surface area contributed by atoms with Crippen LogP contribution in [0.2, 0.25) is 5.02 Å². The summed E-state index contributed by atoms with van der Waals surface area (Å²) >= 11 is 5.85. The second-order valence-corrected chi connectivity index (χ2v) is 5.08. The molecule has 4 nitrogen and oxygen atoms in total. The minimum atomic E-state index is -1.00. The topological polar surface area (TPSA) is 51.2 Å². The van der Waals surface area contributed by atoms with Gasteiger partial charge in [-0.05, 0) is 37.1 Å². The van der Waals surface area contributed by atoms with E-state index >= 15 is 0 Å². The number of ether oxygens (including phenoxy) is 1. The second-order valence-electron chi connectivity index (χ2n) is 4.67. The molecule has 2 rings (SSSR count). The second kappa shape index (κ2) is 7.87. The predicted molar refractivity (Wildman–Crippen MR) is 82.8 cm³/mol. The van der Waals surface area contributed by atoms with Gasteiger partial charge in [-0.2, -0.15) is 0 Å². The zero-order valence-electron chi connectivity index (χ0n) is 12.4. The van der Waals surface area contributed by atoms with Crippen LogP contribution in [0.1, 0.15) is 22.8 Å². The van der Waals surface area contributed by atoms with Crippen molar-refractivity contribution in [1.82, 2.24) is 10.3 Å². The maximum absolute atomic E-state index is 13.2. The molecular formula is C16H15ClF2N2O2. The third-order valence-corrected chi connectivity index (χ3v) is 3.45. The number of nitrogens with zero attached hydrogens (tertiary/aromatic N) is 1. The molecule has 2 aromatic rings. The number of benzene rings is 1. The molecule has 0 saturated heterocycles. The van der Waals surface area contributed by atoms with Gasteiger partial charge >= 0.3 is 0 Å². The first-order valence-electron chi connectivity index (χ1n) is 7.01. The summed E-state index contributed by atoms with van der Waals surface area (Å²) in [6.45, 7) is 2.45. The van der Waals surface area contributed by atoms with E-state index in [1.165, 1.54) is 12.4 Å². The monoisotopic (exact) mass is 340 g/mol. The average molecular weight is 341 g/mol. The Morgan fingerprint density at radius 1 is 1.35 bits per heavy atom. The highest BCUT2D eigenvalue weighted by atomic mass is 35.5. The molecule has 0 saturated carbocycles. The Balaban J connectivity index is 1.99. The van der Waals surface area contributed by atoms with Crippen LogP contribution in [-0.4, -0.2) is 24.0 Å². The number of pyridine rings is 1. The molecule has 1 N–H and O–H groups in total. The summed E-state index contributed by atoms with van der Waals surface area (Å²) in [6.07, 6.45) is 3.21. The molecule has 0 fully saturated rings. The fourth-order valence-electron chi connectivity index (χ4n) is 1.99. The molecule has 0 aliphatic carbocycles. The van der Waals surface area contributed by atoms with E-state index in [9.17, 15) is 13.6 Å². The number of halogens is 3. The van der Waals surface area contributed by atoms with Crippen molar-refractivity contribution >= 4 is 17.5 Å². The standard InChI is InChI=1S/C16H15ClF2N2O2/c1-2-23-15-4-5-20-9-11(15)16(22)21-6-3-10-7-13(18)14(19)8-12(10)17/h4-5,7-9H,2-3,6H2,1H3,(H,21,22). The van der Waals surface area contributed by atoms with Gasteiger partial charge in [0, 0.05) is 24.0 Å². The minimum absolute atomic E-state index is 0.120. The zero-order valence-corrected chi connectivity index (χ0v) is 13.2. The fourth-order valence-corrected chi connectivity index (χ4v) is 2.24. The third-order valence-electron chi connectivity index (χ3n) is 3.09. The van der Waals surface area contributed by atoms with Gasteiger partial charge in [-0.15, -0.1) is 0 Å². The maximum Gasteiger partial charge on any atom is 0.256 e. The van der Waals surface area contributed by atoms with Crippen LogP contribution in [0.5, 0.6) is 5.75 Å². The molecule has 1 aromatic carbocycles. The van der Waals surface area contributed by atoms with Crippen LogP contribution < -0.4 is 10.1 Å². The molecule has 0 spiro atoms. The van der Waals surface area contributed by atoms with E-state index < -0.39 is 11.6 Å². The van der Waals surface area contributed by atoms with Crippen molar-refractivity contribution in [2.24, 2.45) is 0 Å². The smallest absolute Gasteiger partial charge is 0.256 e. The first-order chi connectivity index (χ1) is 11.0. The van der Waals surface area contributed by atoms with Gasteiger partial charge in [-0.3, -0.25) is 9.78 Å². The average Bonchev–Trinajstić information content (AvgIpc) is 2.53. The van der Waals surface area contributed by atoms with Crippen molar-refractivity contribution in [3.05, 3.63) is 58.4 Å². The Labute approximate surface area is 137 Å². The summed E-state index contributed by atoms with van der Waals surface area (Å²) < 4.78 is 31.6. The van der Waals surface area contributed by atoms with Gasteiger partial charge in [-0.25, -0.2) is 8.78 Å².